The first kappa shape index (κ1) is 23.8. The van der Waals surface area contributed by atoms with E-state index in [-0.39, 0.29) is 23.4 Å². The van der Waals surface area contributed by atoms with Crippen LogP contribution in [0, 0.1) is 0 Å². The van der Waals surface area contributed by atoms with Gasteiger partial charge in [0.05, 0.1) is 5.56 Å². The Hall–Kier alpha value is -3.43. The highest BCUT2D eigenvalue weighted by molar-refractivity contribution is 6.45. The van der Waals surface area contributed by atoms with Gasteiger partial charge in [0, 0.05) is 30.7 Å². The molecule has 0 atom stereocenters. The quantitative estimate of drug-likeness (QED) is 0.376. The third kappa shape index (κ3) is 6.03. The van der Waals surface area contributed by atoms with Crippen molar-refractivity contribution < 1.29 is 37.2 Å². The van der Waals surface area contributed by atoms with Gasteiger partial charge in [-0.1, -0.05) is 29.4 Å². The van der Waals surface area contributed by atoms with Crippen molar-refractivity contribution in [1.82, 2.24) is 5.32 Å². The molecule has 2 aromatic carbocycles. The molecule has 0 radical (unpaired) electrons. The summed E-state index contributed by atoms with van der Waals surface area (Å²) in [7, 11) is 2.69. The van der Waals surface area contributed by atoms with Crippen LogP contribution in [0.5, 0.6) is 0 Å². The molecule has 2 rings (SSSR count). The number of hydrogen-bond acceptors (Lipinski definition) is 4. The first-order chi connectivity index (χ1) is 14.7. The minimum atomic E-state index is -4.47. The van der Waals surface area contributed by atoms with Gasteiger partial charge in [-0.15, -0.1) is 0 Å². The molecular formula is C21H22F4N3O3+. The molecule has 0 bridgehead atoms. The van der Waals surface area contributed by atoms with E-state index in [2.05, 4.69) is 15.6 Å². The molecule has 0 heterocycles. The summed E-state index contributed by atoms with van der Waals surface area (Å²) < 4.78 is 52.3. The number of amides is 1. The maximum absolute atomic E-state index is 13.5. The zero-order chi connectivity index (χ0) is 23.0. The number of benzene rings is 2. The van der Waals surface area contributed by atoms with E-state index < -0.39 is 24.3 Å². The number of carbonyl (C=O) groups is 1. The van der Waals surface area contributed by atoms with Gasteiger partial charge < -0.3 is 10.2 Å². The van der Waals surface area contributed by atoms with E-state index in [1.54, 1.807) is 19.1 Å². The molecule has 2 N–H and O–H groups in total. The first-order valence-electron chi connectivity index (χ1n) is 9.12. The number of hydrogen-bond donors (Lipinski definition) is 2. The number of halogens is 4. The molecule has 0 saturated heterocycles. The average molecular weight is 440 g/mol. The van der Waals surface area contributed by atoms with Gasteiger partial charge in [-0.3, -0.25) is 9.63 Å². The van der Waals surface area contributed by atoms with Crippen molar-refractivity contribution in [3.63, 3.8) is 0 Å². The van der Waals surface area contributed by atoms with E-state index in [0.717, 1.165) is 12.1 Å². The fraction of sp³-hybridized carbons (Fsp3) is 0.286. The number of nitrogens with zero attached hydrogens (tertiary/aromatic N) is 1. The van der Waals surface area contributed by atoms with Crippen molar-refractivity contribution in [1.29, 1.82) is 0 Å². The van der Waals surface area contributed by atoms with Crippen molar-refractivity contribution in [3.05, 3.63) is 70.3 Å². The van der Waals surface area contributed by atoms with Crippen LogP contribution in [0.15, 0.2) is 47.6 Å². The predicted molar refractivity (Wildman–Crippen MR) is 106 cm³/mol. The molecule has 0 aliphatic carbocycles. The summed E-state index contributed by atoms with van der Waals surface area (Å²) in [5.74, 6) is -0.543. The molecule has 166 valence electrons. The van der Waals surface area contributed by atoms with Crippen LogP contribution in [0.25, 0.3) is 0 Å². The number of alkyl halides is 4. The first-order valence-corrected chi connectivity index (χ1v) is 9.12. The van der Waals surface area contributed by atoms with Crippen molar-refractivity contribution in [2.45, 2.75) is 26.4 Å². The molecular weight excluding hydrogens is 418 g/mol. The van der Waals surface area contributed by atoms with E-state index in [1.807, 2.05) is 0 Å². The molecule has 10 heteroatoms. The number of carbonyl (C=O) groups excluding carboxylic acids is 1. The van der Waals surface area contributed by atoms with E-state index in [9.17, 15) is 22.4 Å². The Bertz CT molecular complexity index is 988. The third-order valence-corrected chi connectivity index (χ3v) is 4.36. The van der Waals surface area contributed by atoms with Crippen LogP contribution >= 0.6 is 0 Å². The molecule has 0 aliphatic rings. The second kappa shape index (κ2) is 10.6. The van der Waals surface area contributed by atoms with Crippen molar-refractivity contribution in [3.8, 4) is 0 Å². The van der Waals surface area contributed by atoms with Crippen molar-refractivity contribution in [2.24, 2.45) is 5.16 Å². The van der Waals surface area contributed by atoms with Gasteiger partial charge in [0.15, 0.2) is 12.3 Å². The maximum Gasteiger partial charge on any atom is 0.416 e. The van der Waals surface area contributed by atoms with E-state index >= 15 is 0 Å². The second-order valence-electron chi connectivity index (χ2n) is 6.37. The van der Waals surface area contributed by atoms with Crippen LogP contribution in [-0.4, -0.2) is 31.5 Å². The van der Waals surface area contributed by atoms with Crippen LogP contribution in [0.2, 0.25) is 0 Å². The maximum atomic E-state index is 13.5. The van der Waals surface area contributed by atoms with Crippen molar-refractivity contribution in [2.75, 3.05) is 14.2 Å². The number of likely N-dealkylation sites (N-methyl/N-ethyl adjacent to an activating group) is 1. The van der Waals surface area contributed by atoms with Crippen LogP contribution < -0.4 is 10.5 Å². The van der Waals surface area contributed by atoms with Crippen LogP contribution in [0.1, 0.15) is 34.7 Å². The molecule has 0 unspecified atom stereocenters. The number of rotatable bonds is 8. The lowest BCUT2D eigenvalue weighted by Crippen LogP contribution is -2.71. The molecule has 0 saturated carbocycles. The van der Waals surface area contributed by atoms with Gasteiger partial charge in [0.1, 0.15) is 13.8 Å². The fourth-order valence-electron chi connectivity index (χ4n) is 2.78. The summed E-state index contributed by atoms with van der Waals surface area (Å²) in [6.45, 7) is 0.530. The molecule has 0 aliphatic heterocycles. The molecule has 1 amide bonds. The third-order valence-electron chi connectivity index (χ3n) is 4.36. The lowest BCUT2D eigenvalue weighted by atomic mass is 9.98. The Morgan fingerprint density at radius 1 is 1.19 bits per heavy atom. The van der Waals surface area contributed by atoms with Crippen LogP contribution in [-0.2, 0) is 33.9 Å². The standard InChI is InChI=1S/C21H21F4N3O3/c1-13(14-6-4-8-16(10-14)21(23,24)25)27-31-12-18-15(11-22)7-5-9-17(18)19(28-30-3)20(29)26-2/h4-10H,11-12H2,1-3H3,(H,26,29)/p+1/b27-13+,28-19+. The molecule has 31 heavy (non-hydrogen) atoms. The smallest absolute Gasteiger partial charge is 0.398 e. The van der Waals surface area contributed by atoms with Crippen LogP contribution in [0.3, 0.4) is 0 Å². The summed E-state index contributed by atoms with van der Waals surface area (Å²) >= 11 is 0. The predicted octanol–water partition coefficient (Wildman–Crippen LogP) is 2.29. The summed E-state index contributed by atoms with van der Waals surface area (Å²) in [6, 6.07) is 9.40. The highest BCUT2D eigenvalue weighted by Gasteiger charge is 2.31. The molecule has 6 nitrogen and oxygen atoms in total. The molecule has 0 fully saturated rings. The Kier molecular flexibility index (Phi) is 8.12. The number of nitrogens with one attached hydrogen (secondary N) is 2. The average Bonchev–Trinajstić information content (AvgIpc) is 2.76. The Morgan fingerprint density at radius 2 is 1.90 bits per heavy atom. The van der Waals surface area contributed by atoms with Gasteiger partial charge in [-0.2, -0.15) is 13.2 Å². The Morgan fingerprint density at radius 3 is 2.52 bits per heavy atom. The summed E-state index contributed by atoms with van der Waals surface area (Å²) in [5.41, 5.74) is 0.648. The van der Waals surface area contributed by atoms with E-state index in [0.29, 0.717) is 16.8 Å². The normalized spacial score (nSPS) is 12.5. The molecule has 2 aromatic rings. The number of oxime groups is 1. The van der Waals surface area contributed by atoms with E-state index in [4.69, 9.17) is 9.68 Å². The van der Waals surface area contributed by atoms with Crippen molar-refractivity contribution >= 4 is 17.3 Å². The largest absolute Gasteiger partial charge is 0.416 e. The minimum Gasteiger partial charge on any atom is -0.398 e. The van der Waals surface area contributed by atoms with Gasteiger partial charge in [0.2, 0.25) is 5.71 Å². The van der Waals surface area contributed by atoms with Gasteiger partial charge in [0.25, 0.3) is 5.91 Å². The minimum absolute atomic E-state index is 0.0718. The lowest BCUT2D eigenvalue weighted by Gasteiger charge is -2.12. The lowest BCUT2D eigenvalue weighted by molar-refractivity contribution is -0.758. The van der Waals surface area contributed by atoms with Gasteiger partial charge in [-0.05, 0) is 28.9 Å². The molecule has 0 spiro atoms. The Labute approximate surface area is 176 Å². The monoisotopic (exact) mass is 440 g/mol. The SMILES string of the molecule is CNC(=O)/C(=N/OC)c1cccc(CF)c1CO/[NH+]=C(\C)c1cccc(C(F)(F)F)c1. The van der Waals surface area contributed by atoms with Gasteiger partial charge >= 0.3 is 6.18 Å². The fourth-order valence-corrected chi connectivity index (χ4v) is 2.78. The molecule has 0 aromatic heterocycles. The summed E-state index contributed by atoms with van der Waals surface area (Å²) in [4.78, 5) is 22.3. The highest BCUT2D eigenvalue weighted by Crippen LogP contribution is 2.29. The second-order valence-corrected chi connectivity index (χ2v) is 6.37. The summed E-state index contributed by atoms with van der Waals surface area (Å²) in [5, 5.41) is 8.72. The van der Waals surface area contributed by atoms with E-state index in [1.165, 1.54) is 32.4 Å². The summed E-state index contributed by atoms with van der Waals surface area (Å²) in [6.07, 6.45) is -4.47. The zero-order valence-corrected chi connectivity index (χ0v) is 17.1. The topological polar surface area (TPSA) is 73.9 Å². The zero-order valence-electron chi connectivity index (χ0n) is 17.1. The van der Waals surface area contributed by atoms with Crippen LogP contribution in [0.4, 0.5) is 17.6 Å². The Balaban J connectivity index is 2.33. The highest BCUT2D eigenvalue weighted by atomic mass is 19.4. The van der Waals surface area contributed by atoms with Gasteiger partial charge in [-0.25, -0.2) is 4.39 Å².